The molecular weight excluding hydrogens is 240 g/mol. The molecule has 0 radical (unpaired) electrons. The molecule has 4 nitrogen and oxygen atoms in total. The number of aliphatic carboxylic acids is 1. The Morgan fingerprint density at radius 1 is 1.42 bits per heavy atom. The van der Waals surface area contributed by atoms with Crippen LogP contribution in [0.2, 0.25) is 0 Å². The molecule has 0 spiro atoms. The quantitative estimate of drug-likeness (QED) is 0.812. The van der Waals surface area contributed by atoms with Gasteiger partial charge in [-0.1, -0.05) is 24.3 Å². The number of benzene rings is 1. The van der Waals surface area contributed by atoms with Gasteiger partial charge < -0.3 is 15.3 Å². The SMILES string of the molecule is CN1CCC(CNCc2ccccc2CC(=O)O)C1. The van der Waals surface area contributed by atoms with Crippen LogP contribution in [0.3, 0.4) is 0 Å². The van der Waals surface area contributed by atoms with Crippen LogP contribution in [0, 0.1) is 5.92 Å². The van der Waals surface area contributed by atoms with Crippen molar-refractivity contribution in [3.05, 3.63) is 35.4 Å². The molecule has 1 aliphatic rings. The van der Waals surface area contributed by atoms with Gasteiger partial charge in [0.15, 0.2) is 0 Å². The standard InChI is InChI=1S/C15H22N2O2/c1-17-7-6-12(11-17)9-16-10-14-5-3-2-4-13(14)8-15(18)19/h2-5,12,16H,6-11H2,1H3,(H,18,19). The van der Waals surface area contributed by atoms with Gasteiger partial charge in [-0.15, -0.1) is 0 Å². The first-order valence-corrected chi connectivity index (χ1v) is 6.83. The number of hydrogen-bond donors (Lipinski definition) is 2. The predicted octanol–water partition coefficient (Wildman–Crippen LogP) is 1.35. The van der Waals surface area contributed by atoms with E-state index >= 15 is 0 Å². The van der Waals surface area contributed by atoms with E-state index < -0.39 is 5.97 Å². The fraction of sp³-hybridized carbons (Fsp3) is 0.533. The molecule has 19 heavy (non-hydrogen) atoms. The fourth-order valence-electron chi connectivity index (χ4n) is 2.67. The number of carboxylic acid groups (broad SMARTS) is 1. The summed E-state index contributed by atoms with van der Waals surface area (Å²) in [4.78, 5) is 13.2. The summed E-state index contributed by atoms with van der Waals surface area (Å²) in [5.41, 5.74) is 2.00. The van der Waals surface area contributed by atoms with E-state index in [9.17, 15) is 4.79 Å². The fourth-order valence-corrected chi connectivity index (χ4v) is 2.67. The van der Waals surface area contributed by atoms with Gasteiger partial charge in [0, 0.05) is 13.1 Å². The van der Waals surface area contributed by atoms with Crippen molar-refractivity contribution in [2.24, 2.45) is 5.92 Å². The highest BCUT2D eigenvalue weighted by Crippen LogP contribution is 2.14. The third kappa shape index (κ3) is 4.33. The maximum absolute atomic E-state index is 10.8. The van der Waals surface area contributed by atoms with Crippen LogP contribution < -0.4 is 5.32 Å². The van der Waals surface area contributed by atoms with E-state index in [1.165, 1.54) is 13.0 Å². The molecule has 1 heterocycles. The van der Waals surface area contributed by atoms with E-state index in [2.05, 4.69) is 17.3 Å². The van der Waals surface area contributed by atoms with Crippen LogP contribution in [0.5, 0.6) is 0 Å². The molecule has 0 aliphatic carbocycles. The van der Waals surface area contributed by atoms with Crippen LogP contribution in [0.1, 0.15) is 17.5 Å². The van der Waals surface area contributed by atoms with Gasteiger partial charge in [-0.25, -0.2) is 0 Å². The summed E-state index contributed by atoms with van der Waals surface area (Å²) in [6.07, 6.45) is 1.35. The van der Waals surface area contributed by atoms with Crippen LogP contribution in [0.25, 0.3) is 0 Å². The average Bonchev–Trinajstić information content (AvgIpc) is 2.77. The number of rotatable bonds is 6. The van der Waals surface area contributed by atoms with Gasteiger partial charge in [0.1, 0.15) is 0 Å². The topological polar surface area (TPSA) is 52.6 Å². The number of likely N-dealkylation sites (tertiary alicyclic amines) is 1. The number of carboxylic acids is 1. The molecular formula is C15H22N2O2. The molecule has 1 aliphatic heterocycles. The monoisotopic (exact) mass is 262 g/mol. The van der Waals surface area contributed by atoms with Gasteiger partial charge in [0.05, 0.1) is 6.42 Å². The summed E-state index contributed by atoms with van der Waals surface area (Å²) < 4.78 is 0. The summed E-state index contributed by atoms with van der Waals surface area (Å²) in [7, 11) is 2.15. The Bertz CT molecular complexity index is 434. The zero-order chi connectivity index (χ0) is 13.7. The Kier molecular flexibility index (Phi) is 4.93. The average molecular weight is 262 g/mol. The Morgan fingerprint density at radius 2 is 2.16 bits per heavy atom. The van der Waals surface area contributed by atoms with Crippen molar-refractivity contribution < 1.29 is 9.90 Å². The zero-order valence-electron chi connectivity index (χ0n) is 11.4. The molecule has 2 rings (SSSR count). The minimum absolute atomic E-state index is 0.101. The second-order valence-corrected chi connectivity index (χ2v) is 5.39. The summed E-state index contributed by atoms with van der Waals surface area (Å²) in [5, 5.41) is 12.4. The molecule has 0 aromatic heterocycles. The van der Waals surface area contributed by atoms with Gasteiger partial charge in [0.2, 0.25) is 0 Å². The minimum Gasteiger partial charge on any atom is -0.481 e. The molecule has 4 heteroatoms. The van der Waals surface area contributed by atoms with Crippen molar-refractivity contribution in [3.63, 3.8) is 0 Å². The molecule has 0 bridgehead atoms. The van der Waals surface area contributed by atoms with Crippen LogP contribution >= 0.6 is 0 Å². The Hall–Kier alpha value is -1.39. The highest BCUT2D eigenvalue weighted by atomic mass is 16.4. The van der Waals surface area contributed by atoms with Gasteiger partial charge in [-0.2, -0.15) is 0 Å². The smallest absolute Gasteiger partial charge is 0.307 e. The lowest BCUT2D eigenvalue weighted by Crippen LogP contribution is -2.25. The number of carbonyl (C=O) groups is 1. The van der Waals surface area contributed by atoms with E-state index in [0.717, 1.165) is 36.7 Å². The highest BCUT2D eigenvalue weighted by Gasteiger charge is 2.18. The van der Waals surface area contributed by atoms with Gasteiger partial charge in [-0.3, -0.25) is 4.79 Å². The summed E-state index contributed by atoms with van der Waals surface area (Å²) in [6, 6.07) is 7.76. The Labute approximate surface area is 114 Å². The van der Waals surface area contributed by atoms with Crippen molar-refractivity contribution in [2.45, 2.75) is 19.4 Å². The van der Waals surface area contributed by atoms with Crippen molar-refractivity contribution in [2.75, 3.05) is 26.7 Å². The van der Waals surface area contributed by atoms with E-state index in [1.54, 1.807) is 0 Å². The van der Waals surface area contributed by atoms with Crippen LogP contribution in [-0.2, 0) is 17.8 Å². The van der Waals surface area contributed by atoms with Crippen LogP contribution in [0.15, 0.2) is 24.3 Å². The van der Waals surface area contributed by atoms with Gasteiger partial charge in [-0.05, 0) is 43.6 Å². The molecule has 2 N–H and O–H groups in total. The second-order valence-electron chi connectivity index (χ2n) is 5.39. The maximum Gasteiger partial charge on any atom is 0.307 e. The van der Waals surface area contributed by atoms with Gasteiger partial charge in [0.25, 0.3) is 0 Å². The first-order valence-electron chi connectivity index (χ1n) is 6.83. The predicted molar refractivity (Wildman–Crippen MR) is 75.1 cm³/mol. The lowest BCUT2D eigenvalue weighted by Gasteiger charge is -2.13. The minimum atomic E-state index is -0.773. The van der Waals surface area contributed by atoms with E-state index in [0.29, 0.717) is 0 Å². The van der Waals surface area contributed by atoms with Crippen molar-refractivity contribution in [1.29, 1.82) is 0 Å². The number of nitrogens with zero attached hydrogens (tertiary/aromatic N) is 1. The first kappa shape index (κ1) is 14.0. The van der Waals surface area contributed by atoms with E-state index in [1.807, 2.05) is 24.3 Å². The van der Waals surface area contributed by atoms with E-state index in [4.69, 9.17) is 5.11 Å². The molecule has 0 saturated carbocycles. The Morgan fingerprint density at radius 3 is 2.79 bits per heavy atom. The Balaban J connectivity index is 1.83. The molecule has 104 valence electrons. The molecule has 1 fully saturated rings. The molecule has 1 aromatic rings. The maximum atomic E-state index is 10.8. The van der Waals surface area contributed by atoms with Crippen molar-refractivity contribution in [3.8, 4) is 0 Å². The third-order valence-corrected chi connectivity index (χ3v) is 3.70. The molecule has 0 amide bonds. The van der Waals surface area contributed by atoms with Gasteiger partial charge >= 0.3 is 5.97 Å². The largest absolute Gasteiger partial charge is 0.481 e. The molecule has 1 aromatic carbocycles. The second kappa shape index (κ2) is 6.68. The summed E-state index contributed by atoms with van der Waals surface area (Å²) in [6.45, 7) is 4.10. The molecule has 1 unspecified atom stereocenters. The lowest BCUT2D eigenvalue weighted by atomic mass is 10.0. The molecule has 1 saturated heterocycles. The summed E-state index contributed by atoms with van der Waals surface area (Å²) in [5.74, 6) is -0.0542. The molecule has 1 atom stereocenters. The first-order chi connectivity index (χ1) is 9.15. The van der Waals surface area contributed by atoms with Crippen molar-refractivity contribution >= 4 is 5.97 Å². The number of nitrogens with one attached hydrogen (secondary N) is 1. The lowest BCUT2D eigenvalue weighted by molar-refractivity contribution is -0.136. The summed E-state index contributed by atoms with van der Waals surface area (Å²) >= 11 is 0. The highest BCUT2D eigenvalue weighted by molar-refractivity contribution is 5.70. The van der Waals surface area contributed by atoms with Crippen molar-refractivity contribution in [1.82, 2.24) is 10.2 Å². The van der Waals surface area contributed by atoms with E-state index in [-0.39, 0.29) is 6.42 Å². The number of hydrogen-bond acceptors (Lipinski definition) is 3. The van der Waals surface area contributed by atoms with Crippen LogP contribution in [0.4, 0.5) is 0 Å². The zero-order valence-corrected chi connectivity index (χ0v) is 11.4. The van der Waals surface area contributed by atoms with Crippen LogP contribution in [-0.4, -0.2) is 42.7 Å². The normalized spacial score (nSPS) is 19.7. The third-order valence-electron chi connectivity index (χ3n) is 3.70.